The normalized spacial score (nSPS) is 18.7. The number of guanidine groups is 1. The van der Waals surface area contributed by atoms with Gasteiger partial charge in [0.05, 0.1) is 6.54 Å². The quantitative estimate of drug-likeness (QED) is 0.433. The maximum Gasteiger partial charge on any atom is 0.319 e. The Morgan fingerprint density at radius 3 is 2.83 bits per heavy atom. The summed E-state index contributed by atoms with van der Waals surface area (Å²) < 4.78 is 26.5. The van der Waals surface area contributed by atoms with E-state index in [1.807, 2.05) is 0 Å². The van der Waals surface area contributed by atoms with Crippen molar-refractivity contribution in [3.63, 3.8) is 0 Å². The Bertz CT molecular complexity index is 504. The van der Waals surface area contributed by atoms with Crippen molar-refractivity contribution in [2.75, 3.05) is 20.1 Å². The molecule has 1 unspecified atom stereocenters. The van der Waals surface area contributed by atoms with Gasteiger partial charge < -0.3 is 10.2 Å². The lowest BCUT2D eigenvalue weighted by atomic mass is 9.97. The summed E-state index contributed by atoms with van der Waals surface area (Å²) in [4.78, 5) is 10.4. The Morgan fingerprint density at radius 1 is 1.48 bits per heavy atom. The number of aliphatic imine (C=N–C) groups is 1. The number of rotatable bonds is 5. The number of hydrogen-bond acceptors (Lipinski definition) is 2. The number of nitrogens with one attached hydrogen (secondary N) is 1. The van der Waals surface area contributed by atoms with Crippen LogP contribution >= 0.6 is 24.0 Å². The van der Waals surface area contributed by atoms with Crippen molar-refractivity contribution in [1.29, 1.82) is 0 Å². The van der Waals surface area contributed by atoms with E-state index in [0.29, 0.717) is 17.7 Å². The lowest BCUT2D eigenvalue weighted by molar-refractivity contribution is 0.0668. The Hall–Kier alpha value is -0.930. The molecule has 0 radical (unpaired) electrons. The lowest BCUT2D eigenvalue weighted by Crippen LogP contribution is -2.40. The van der Waals surface area contributed by atoms with Crippen LogP contribution in [0.15, 0.2) is 17.4 Å². The van der Waals surface area contributed by atoms with Crippen molar-refractivity contribution in [3.8, 4) is 0 Å². The number of aromatic nitrogens is 2. The molecule has 8 heteroatoms. The molecular weight excluding hydrogens is 415 g/mol. The summed E-state index contributed by atoms with van der Waals surface area (Å²) in [5.74, 6) is 2.45. The van der Waals surface area contributed by atoms with E-state index < -0.39 is 6.55 Å². The molecule has 0 aliphatic carbocycles. The molecule has 1 aliphatic heterocycles. The number of imidazole rings is 1. The van der Waals surface area contributed by atoms with Gasteiger partial charge in [0.2, 0.25) is 0 Å². The van der Waals surface area contributed by atoms with Crippen LogP contribution in [-0.2, 0) is 6.54 Å². The predicted octanol–water partition coefficient (Wildman–Crippen LogP) is 3.34. The molecule has 1 aliphatic rings. The Kier molecular flexibility index (Phi) is 8.21. The highest BCUT2D eigenvalue weighted by Crippen LogP contribution is 2.23. The third kappa shape index (κ3) is 5.58. The average molecular weight is 441 g/mol. The maximum atomic E-state index is 12.8. The van der Waals surface area contributed by atoms with Crippen molar-refractivity contribution in [2.45, 2.75) is 39.8 Å². The molecule has 0 bridgehead atoms. The zero-order valence-electron chi connectivity index (χ0n) is 13.9. The second-order valence-corrected chi connectivity index (χ2v) is 6.16. The van der Waals surface area contributed by atoms with Gasteiger partial charge in [0.1, 0.15) is 5.82 Å². The molecule has 1 saturated heterocycles. The van der Waals surface area contributed by atoms with Crippen LogP contribution in [0.1, 0.15) is 39.1 Å². The summed E-state index contributed by atoms with van der Waals surface area (Å²) in [7, 11) is 1.72. The molecule has 23 heavy (non-hydrogen) atoms. The van der Waals surface area contributed by atoms with Gasteiger partial charge >= 0.3 is 6.55 Å². The van der Waals surface area contributed by atoms with Crippen LogP contribution in [0.5, 0.6) is 0 Å². The first-order valence-corrected chi connectivity index (χ1v) is 7.76. The van der Waals surface area contributed by atoms with Crippen molar-refractivity contribution in [3.05, 3.63) is 18.2 Å². The van der Waals surface area contributed by atoms with E-state index in [-0.39, 0.29) is 30.5 Å². The molecule has 0 aromatic carbocycles. The van der Waals surface area contributed by atoms with Gasteiger partial charge in [-0.25, -0.2) is 4.98 Å². The Morgan fingerprint density at radius 2 is 2.22 bits per heavy atom. The van der Waals surface area contributed by atoms with Crippen LogP contribution in [-0.4, -0.2) is 40.5 Å². The van der Waals surface area contributed by atoms with Crippen LogP contribution in [0.2, 0.25) is 0 Å². The van der Waals surface area contributed by atoms with E-state index in [9.17, 15) is 8.78 Å². The average Bonchev–Trinajstić information content (AvgIpc) is 3.08. The smallest absolute Gasteiger partial charge is 0.319 e. The van der Waals surface area contributed by atoms with Crippen molar-refractivity contribution >= 4 is 29.9 Å². The van der Waals surface area contributed by atoms with Crippen LogP contribution in [0, 0.1) is 11.8 Å². The van der Waals surface area contributed by atoms with Gasteiger partial charge in [-0.05, 0) is 24.7 Å². The summed E-state index contributed by atoms with van der Waals surface area (Å²) >= 11 is 0. The molecule has 5 nitrogen and oxygen atoms in total. The van der Waals surface area contributed by atoms with Crippen LogP contribution < -0.4 is 5.32 Å². The Balaban J connectivity index is 0.00000264. The van der Waals surface area contributed by atoms with Crippen LogP contribution in [0.4, 0.5) is 8.78 Å². The lowest BCUT2D eigenvalue weighted by Gasteiger charge is -2.22. The van der Waals surface area contributed by atoms with Gasteiger partial charge in [-0.15, -0.1) is 24.0 Å². The summed E-state index contributed by atoms with van der Waals surface area (Å²) in [6.45, 7) is 4.08. The first-order chi connectivity index (χ1) is 10.5. The van der Waals surface area contributed by atoms with Gasteiger partial charge in [-0.2, -0.15) is 8.78 Å². The zero-order chi connectivity index (χ0) is 16.1. The molecule has 1 N–H and O–H groups in total. The van der Waals surface area contributed by atoms with Crippen molar-refractivity contribution in [2.24, 2.45) is 16.8 Å². The highest BCUT2D eigenvalue weighted by Gasteiger charge is 2.25. The molecule has 1 fully saturated rings. The third-order valence-electron chi connectivity index (χ3n) is 3.97. The van der Waals surface area contributed by atoms with E-state index in [1.165, 1.54) is 18.8 Å². The molecule has 1 atom stereocenters. The topological polar surface area (TPSA) is 45.5 Å². The van der Waals surface area contributed by atoms with Gasteiger partial charge in [0, 0.05) is 32.5 Å². The van der Waals surface area contributed by atoms with E-state index in [0.717, 1.165) is 30.0 Å². The highest BCUT2D eigenvalue weighted by molar-refractivity contribution is 14.0. The fraction of sp³-hybridized carbons (Fsp3) is 0.733. The molecule has 0 saturated carbocycles. The highest BCUT2D eigenvalue weighted by atomic mass is 127. The standard InChI is InChI=1S/C15H25F2N5.HI/c1-11(2)8-12-4-6-21(10-12)15(18-3)20-9-13-19-5-7-22(13)14(16)17;/h5,7,11-12,14H,4,6,8-10H2,1-3H3,(H,18,20);1H. The second kappa shape index (κ2) is 9.39. The number of halogens is 3. The molecule has 0 amide bonds. The monoisotopic (exact) mass is 441 g/mol. The van der Waals surface area contributed by atoms with E-state index >= 15 is 0 Å². The van der Waals surface area contributed by atoms with Gasteiger partial charge in [0.25, 0.3) is 0 Å². The van der Waals surface area contributed by atoms with Crippen molar-refractivity contribution < 1.29 is 8.78 Å². The molecule has 132 valence electrons. The SMILES string of the molecule is CN=C(NCc1nccn1C(F)F)N1CCC(CC(C)C)C1.I. The summed E-state index contributed by atoms with van der Waals surface area (Å²) in [6, 6.07) is 0. The molecule has 0 spiro atoms. The fourth-order valence-corrected chi connectivity index (χ4v) is 3.03. The number of likely N-dealkylation sites (tertiary alicyclic amines) is 1. The fourth-order valence-electron chi connectivity index (χ4n) is 3.03. The molecule has 2 heterocycles. The van der Waals surface area contributed by atoms with Gasteiger partial charge in [0.15, 0.2) is 5.96 Å². The molecule has 1 aromatic rings. The molecule has 2 rings (SSSR count). The minimum Gasteiger partial charge on any atom is -0.349 e. The van der Waals surface area contributed by atoms with Gasteiger partial charge in [-0.3, -0.25) is 9.56 Å². The van der Waals surface area contributed by atoms with E-state index in [2.05, 4.69) is 34.0 Å². The third-order valence-corrected chi connectivity index (χ3v) is 3.97. The van der Waals surface area contributed by atoms with E-state index in [1.54, 1.807) is 7.05 Å². The number of hydrogen-bond donors (Lipinski definition) is 1. The summed E-state index contributed by atoms with van der Waals surface area (Å²) in [5.41, 5.74) is 0. The minimum atomic E-state index is -2.57. The van der Waals surface area contributed by atoms with E-state index in [4.69, 9.17) is 0 Å². The molecular formula is C15H26F2IN5. The van der Waals surface area contributed by atoms with Crippen LogP contribution in [0.3, 0.4) is 0 Å². The summed E-state index contributed by atoms with van der Waals surface area (Å²) in [6.07, 6.45) is 5.05. The predicted molar refractivity (Wildman–Crippen MR) is 98.2 cm³/mol. The minimum absolute atomic E-state index is 0. The first kappa shape index (κ1) is 20.1. The first-order valence-electron chi connectivity index (χ1n) is 7.76. The maximum absolute atomic E-state index is 12.8. The van der Waals surface area contributed by atoms with Crippen molar-refractivity contribution in [1.82, 2.24) is 19.8 Å². The second-order valence-electron chi connectivity index (χ2n) is 6.16. The summed E-state index contributed by atoms with van der Waals surface area (Å²) in [5, 5.41) is 3.14. The van der Waals surface area contributed by atoms with Gasteiger partial charge in [-0.1, -0.05) is 13.8 Å². The Labute approximate surface area is 153 Å². The number of nitrogens with zero attached hydrogens (tertiary/aromatic N) is 4. The zero-order valence-corrected chi connectivity index (χ0v) is 16.2. The molecule has 1 aromatic heterocycles. The van der Waals surface area contributed by atoms with Crippen LogP contribution in [0.25, 0.3) is 0 Å². The number of alkyl halides is 2. The largest absolute Gasteiger partial charge is 0.349 e.